The number of aryl methyl sites for hydroxylation is 1. The van der Waals surface area contributed by atoms with E-state index in [1.165, 1.54) is 10.6 Å². The summed E-state index contributed by atoms with van der Waals surface area (Å²) < 4.78 is 25.2. The number of sulfonamides is 1. The molecule has 1 atom stereocenters. The van der Waals surface area contributed by atoms with E-state index in [-0.39, 0.29) is 24.4 Å². The third kappa shape index (κ3) is 3.68. The van der Waals surface area contributed by atoms with Gasteiger partial charge in [0.25, 0.3) is 5.91 Å². The predicted molar refractivity (Wildman–Crippen MR) is 97.6 cm³/mol. The molecule has 1 saturated heterocycles. The summed E-state index contributed by atoms with van der Waals surface area (Å²) >= 11 is 0. The highest BCUT2D eigenvalue weighted by molar-refractivity contribution is 7.92. The fraction of sp³-hybridized carbons (Fsp3) is 0.562. The first-order chi connectivity index (χ1) is 10.9. The van der Waals surface area contributed by atoms with Crippen molar-refractivity contribution in [3.8, 4) is 0 Å². The lowest BCUT2D eigenvalue weighted by molar-refractivity contribution is 0.0743. The number of nitrogens with zero attached hydrogens (tertiary/aromatic N) is 2. The largest absolute Gasteiger partial charge is 0.337 e. The molecule has 3 rings (SSSR count). The molecule has 1 aromatic rings. The molecule has 0 spiro atoms. The van der Waals surface area contributed by atoms with Crippen LogP contribution in [0.15, 0.2) is 18.2 Å². The Kier molecular flexibility index (Phi) is 5.78. The minimum absolute atomic E-state index is 0. The van der Waals surface area contributed by atoms with E-state index < -0.39 is 10.0 Å². The summed E-state index contributed by atoms with van der Waals surface area (Å²) in [5.41, 5.74) is 2.28. The number of amides is 1. The number of hydrogen-bond donors (Lipinski definition) is 1. The number of hydrogen-bond acceptors (Lipinski definition) is 4. The van der Waals surface area contributed by atoms with Crippen molar-refractivity contribution in [3.05, 3.63) is 29.3 Å². The molecule has 24 heavy (non-hydrogen) atoms. The van der Waals surface area contributed by atoms with E-state index in [4.69, 9.17) is 0 Å². The number of benzene rings is 1. The highest BCUT2D eigenvalue weighted by atomic mass is 35.5. The summed E-state index contributed by atoms with van der Waals surface area (Å²) in [6.07, 6.45) is 3.77. The van der Waals surface area contributed by atoms with Gasteiger partial charge in [0.05, 0.1) is 11.9 Å². The number of halogens is 1. The first-order valence-electron chi connectivity index (χ1n) is 7.96. The second-order valence-electron chi connectivity index (χ2n) is 6.34. The number of anilines is 1. The van der Waals surface area contributed by atoms with Crippen LogP contribution >= 0.6 is 12.4 Å². The molecule has 0 aliphatic carbocycles. The first kappa shape index (κ1) is 19.0. The van der Waals surface area contributed by atoms with Gasteiger partial charge >= 0.3 is 0 Å². The van der Waals surface area contributed by atoms with Crippen LogP contribution in [0, 0.1) is 0 Å². The monoisotopic (exact) mass is 373 g/mol. The van der Waals surface area contributed by atoms with E-state index >= 15 is 0 Å². The van der Waals surface area contributed by atoms with Gasteiger partial charge in [0, 0.05) is 31.7 Å². The van der Waals surface area contributed by atoms with E-state index in [0.29, 0.717) is 17.8 Å². The molecule has 0 saturated carbocycles. The van der Waals surface area contributed by atoms with Crippen LogP contribution in [0.2, 0.25) is 0 Å². The van der Waals surface area contributed by atoms with Crippen LogP contribution in [0.4, 0.5) is 5.69 Å². The number of rotatable bonds is 3. The smallest absolute Gasteiger partial charge is 0.253 e. The van der Waals surface area contributed by atoms with E-state index in [0.717, 1.165) is 37.9 Å². The quantitative estimate of drug-likeness (QED) is 0.865. The number of carbonyl (C=O) groups excluding carboxylic acids is 1. The van der Waals surface area contributed by atoms with E-state index in [9.17, 15) is 13.2 Å². The van der Waals surface area contributed by atoms with Crippen molar-refractivity contribution in [1.29, 1.82) is 0 Å². The van der Waals surface area contributed by atoms with Gasteiger partial charge in [-0.25, -0.2) is 8.42 Å². The van der Waals surface area contributed by atoms with Crippen LogP contribution in [0.3, 0.4) is 0 Å². The fourth-order valence-corrected chi connectivity index (χ4v) is 4.38. The van der Waals surface area contributed by atoms with Gasteiger partial charge in [0.2, 0.25) is 10.0 Å². The Morgan fingerprint density at radius 1 is 1.38 bits per heavy atom. The zero-order chi connectivity index (χ0) is 16.6. The number of fused-ring (bicyclic) bond motifs is 1. The van der Waals surface area contributed by atoms with Crippen LogP contribution in [0.1, 0.15) is 28.8 Å². The van der Waals surface area contributed by atoms with Crippen molar-refractivity contribution in [2.75, 3.05) is 37.2 Å². The van der Waals surface area contributed by atoms with Crippen molar-refractivity contribution in [1.82, 2.24) is 10.2 Å². The lowest BCUT2D eigenvalue weighted by Crippen LogP contribution is -2.38. The Morgan fingerprint density at radius 2 is 2.12 bits per heavy atom. The highest BCUT2D eigenvalue weighted by Crippen LogP contribution is 2.30. The first-order valence-corrected chi connectivity index (χ1v) is 9.81. The zero-order valence-corrected chi connectivity index (χ0v) is 15.6. The maximum Gasteiger partial charge on any atom is 0.253 e. The SMILES string of the molecule is CN(C(=O)c1ccc2c(c1)CCCN2S(C)(=O)=O)C1CCNC1.Cl. The Labute approximate surface area is 149 Å². The average Bonchev–Trinajstić information content (AvgIpc) is 3.05. The topological polar surface area (TPSA) is 69.7 Å². The lowest BCUT2D eigenvalue weighted by Gasteiger charge is -2.30. The van der Waals surface area contributed by atoms with E-state index in [1.807, 2.05) is 13.1 Å². The van der Waals surface area contributed by atoms with Gasteiger partial charge in [-0.1, -0.05) is 0 Å². The minimum atomic E-state index is -3.27. The average molecular weight is 374 g/mol. The van der Waals surface area contributed by atoms with Gasteiger partial charge in [-0.05, 0) is 49.6 Å². The Hall–Kier alpha value is -1.31. The summed E-state index contributed by atoms with van der Waals surface area (Å²) in [4.78, 5) is 14.5. The maximum atomic E-state index is 12.7. The second kappa shape index (κ2) is 7.29. The third-order valence-electron chi connectivity index (χ3n) is 4.71. The van der Waals surface area contributed by atoms with Crippen molar-refractivity contribution in [2.45, 2.75) is 25.3 Å². The van der Waals surface area contributed by atoms with Crippen LogP contribution in [-0.4, -0.2) is 58.2 Å². The van der Waals surface area contributed by atoms with Crippen molar-refractivity contribution in [3.63, 3.8) is 0 Å². The van der Waals surface area contributed by atoms with Crippen LogP contribution in [0.25, 0.3) is 0 Å². The third-order valence-corrected chi connectivity index (χ3v) is 5.89. The standard InChI is InChI=1S/C16H23N3O3S.ClH/c1-18(14-7-8-17-11-14)16(20)13-5-6-15-12(10-13)4-3-9-19(15)23(2,21)22;/h5-6,10,14,17H,3-4,7-9,11H2,1-2H3;1H. The summed E-state index contributed by atoms with van der Waals surface area (Å²) in [5, 5.41) is 3.26. The predicted octanol–water partition coefficient (Wildman–Crippen LogP) is 1.25. The molecule has 1 N–H and O–H groups in total. The van der Waals surface area contributed by atoms with Gasteiger partial charge in [-0.15, -0.1) is 12.4 Å². The number of nitrogens with one attached hydrogen (secondary N) is 1. The maximum absolute atomic E-state index is 12.7. The lowest BCUT2D eigenvalue weighted by atomic mass is 10.00. The molecule has 0 radical (unpaired) electrons. The molecule has 1 aromatic carbocycles. The number of likely N-dealkylation sites (N-methyl/N-ethyl adjacent to an activating group) is 1. The van der Waals surface area contributed by atoms with Crippen LogP contribution in [-0.2, 0) is 16.4 Å². The second-order valence-corrected chi connectivity index (χ2v) is 8.25. The molecule has 2 aliphatic heterocycles. The van der Waals surface area contributed by atoms with Gasteiger partial charge in [0.15, 0.2) is 0 Å². The molecule has 1 unspecified atom stereocenters. The molecule has 0 aromatic heterocycles. The Bertz CT molecular complexity index is 717. The van der Waals surface area contributed by atoms with Crippen molar-refractivity contribution < 1.29 is 13.2 Å². The van der Waals surface area contributed by atoms with Gasteiger partial charge in [0.1, 0.15) is 0 Å². The van der Waals surface area contributed by atoms with Crippen molar-refractivity contribution >= 4 is 34.0 Å². The van der Waals surface area contributed by atoms with E-state index in [1.54, 1.807) is 17.0 Å². The Balaban J connectivity index is 0.00000208. The normalized spacial score (nSPS) is 20.2. The summed E-state index contributed by atoms with van der Waals surface area (Å²) in [6, 6.07) is 5.59. The van der Waals surface area contributed by atoms with Crippen molar-refractivity contribution in [2.24, 2.45) is 0 Å². The molecular formula is C16H24ClN3O3S. The summed E-state index contributed by atoms with van der Waals surface area (Å²) in [7, 11) is -1.44. The molecule has 2 heterocycles. The molecule has 134 valence electrons. The molecule has 1 fully saturated rings. The van der Waals surface area contributed by atoms with Gasteiger partial charge in [-0.3, -0.25) is 9.10 Å². The molecule has 2 aliphatic rings. The minimum Gasteiger partial charge on any atom is -0.337 e. The molecule has 6 nitrogen and oxygen atoms in total. The molecule has 0 bridgehead atoms. The van der Waals surface area contributed by atoms with Gasteiger partial charge < -0.3 is 10.2 Å². The van der Waals surface area contributed by atoms with Gasteiger partial charge in [-0.2, -0.15) is 0 Å². The fourth-order valence-electron chi connectivity index (χ4n) is 3.38. The molecule has 8 heteroatoms. The molecule has 1 amide bonds. The Morgan fingerprint density at radius 3 is 2.75 bits per heavy atom. The zero-order valence-electron chi connectivity index (χ0n) is 14.0. The highest BCUT2D eigenvalue weighted by Gasteiger charge is 2.27. The van der Waals surface area contributed by atoms with Crippen LogP contribution < -0.4 is 9.62 Å². The molecular weight excluding hydrogens is 350 g/mol. The van der Waals surface area contributed by atoms with Crippen LogP contribution in [0.5, 0.6) is 0 Å². The van der Waals surface area contributed by atoms with E-state index in [2.05, 4.69) is 5.32 Å². The summed E-state index contributed by atoms with van der Waals surface area (Å²) in [5.74, 6) is -0.00187. The summed E-state index contributed by atoms with van der Waals surface area (Å²) in [6.45, 7) is 2.28. The number of carbonyl (C=O) groups is 1.